The van der Waals surface area contributed by atoms with Crippen molar-refractivity contribution in [3.8, 4) is 0 Å². The van der Waals surface area contributed by atoms with Gasteiger partial charge in [-0.3, -0.25) is 4.79 Å². The average Bonchev–Trinajstić information content (AvgIpc) is 2.71. The van der Waals surface area contributed by atoms with Crippen molar-refractivity contribution in [2.45, 2.75) is 58.1 Å². The molecule has 0 aromatic carbocycles. The topological polar surface area (TPSA) is 47.6 Å². The van der Waals surface area contributed by atoms with Gasteiger partial charge in [0.05, 0.1) is 13.2 Å². The number of esters is 1. The fourth-order valence-electron chi connectivity index (χ4n) is 2.38. The lowest BCUT2D eigenvalue weighted by Gasteiger charge is -2.26. The van der Waals surface area contributed by atoms with Crippen molar-refractivity contribution < 1.29 is 14.3 Å². The second-order valence-electron chi connectivity index (χ2n) is 6.37. The Hall–Kier alpha value is -0.610. The summed E-state index contributed by atoms with van der Waals surface area (Å²) in [4.78, 5) is 11.8. The molecule has 1 aliphatic rings. The number of methoxy groups -OCH3 is 1. The molecule has 4 nitrogen and oxygen atoms in total. The average molecular weight is 257 g/mol. The van der Waals surface area contributed by atoms with Gasteiger partial charge in [-0.2, -0.15) is 0 Å². The van der Waals surface area contributed by atoms with Crippen LogP contribution in [0, 0.1) is 5.41 Å². The van der Waals surface area contributed by atoms with Crippen molar-refractivity contribution >= 4 is 5.97 Å². The summed E-state index contributed by atoms with van der Waals surface area (Å²) in [6.45, 7) is 7.38. The van der Waals surface area contributed by atoms with Gasteiger partial charge in [-0.25, -0.2) is 0 Å². The maximum Gasteiger partial charge on any atom is 0.326 e. The van der Waals surface area contributed by atoms with Gasteiger partial charge in [0.15, 0.2) is 0 Å². The van der Waals surface area contributed by atoms with Crippen LogP contribution in [0.4, 0.5) is 0 Å². The van der Waals surface area contributed by atoms with E-state index in [0.29, 0.717) is 11.8 Å². The van der Waals surface area contributed by atoms with Gasteiger partial charge in [-0.15, -0.1) is 0 Å². The lowest BCUT2D eigenvalue weighted by molar-refractivity contribution is -0.148. The normalized spacial score (nSPS) is 28.4. The Balaban J connectivity index is 2.42. The standard InChI is InChI=1S/C14H27NO3/c1-13(2,3)8-9-18-11-6-7-14(10-11,15-4)12(16)17-5/h11,15H,6-10H2,1-5H3. The SMILES string of the molecule is CNC1(C(=O)OC)CCC(OCCC(C)(C)C)C1. The molecule has 0 radical (unpaired) electrons. The van der Waals surface area contributed by atoms with Gasteiger partial charge in [0, 0.05) is 13.0 Å². The van der Waals surface area contributed by atoms with Crippen LogP contribution < -0.4 is 5.32 Å². The molecule has 0 aromatic heterocycles. The largest absolute Gasteiger partial charge is 0.468 e. The van der Waals surface area contributed by atoms with E-state index >= 15 is 0 Å². The van der Waals surface area contributed by atoms with E-state index < -0.39 is 5.54 Å². The lowest BCUT2D eigenvalue weighted by atomic mass is 9.93. The van der Waals surface area contributed by atoms with Gasteiger partial charge in [0.2, 0.25) is 0 Å². The molecule has 0 aromatic rings. The first-order valence-electron chi connectivity index (χ1n) is 6.72. The molecule has 0 spiro atoms. The molecule has 106 valence electrons. The van der Waals surface area contributed by atoms with E-state index in [1.807, 2.05) is 7.05 Å². The number of carbonyl (C=O) groups is 1. The summed E-state index contributed by atoms with van der Waals surface area (Å²) in [5, 5.41) is 3.11. The van der Waals surface area contributed by atoms with Crippen LogP contribution in [-0.2, 0) is 14.3 Å². The molecule has 1 saturated carbocycles. The molecule has 1 aliphatic carbocycles. The van der Waals surface area contributed by atoms with E-state index in [0.717, 1.165) is 25.9 Å². The molecule has 0 saturated heterocycles. The zero-order chi connectivity index (χ0) is 13.8. The van der Waals surface area contributed by atoms with E-state index in [2.05, 4.69) is 26.1 Å². The van der Waals surface area contributed by atoms with Crippen LogP contribution in [0.15, 0.2) is 0 Å². The maximum absolute atomic E-state index is 11.8. The van der Waals surface area contributed by atoms with Crippen LogP contribution in [-0.4, -0.2) is 38.4 Å². The first kappa shape index (κ1) is 15.4. The monoisotopic (exact) mass is 257 g/mol. The smallest absolute Gasteiger partial charge is 0.326 e. The zero-order valence-electron chi connectivity index (χ0n) is 12.3. The number of ether oxygens (including phenoxy) is 2. The summed E-state index contributed by atoms with van der Waals surface area (Å²) in [6.07, 6.45) is 3.62. The molecule has 0 heterocycles. The predicted octanol–water partition coefficient (Wildman–Crippen LogP) is 2.12. The summed E-state index contributed by atoms with van der Waals surface area (Å²) >= 11 is 0. The number of rotatable bonds is 5. The van der Waals surface area contributed by atoms with Gasteiger partial charge < -0.3 is 14.8 Å². The minimum Gasteiger partial charge on any atom is -0.468 e. The Morgan fingerprint density at radius 3 is 2.61 bits per heavy atom. The Labute approximate surface area is 110 Å². The molecule has 1 rings (SSSR count). The van der Waals surface area contributed by atoms with Gasteiger partial charge in [-0.05, 0) is 31.7 Å². The number of hydrogen-bond donors (Lipinski definition) is 1. The minimum absolute atomic E-state index is 0.166. The Morgan fingerprint density at radius 1 is 1.44 bits per heavy atom. The molecule has 2 atom stereocenters. The third kappa shape index (κ3) is 3.95. The lowest BCUT2D eigenvalue weighted by Crippen LogP contribution is -2.49. The fourth-order valence-corrected chi connectivity index (χ4v) is 2.38. The van der Waals surface area contributed by atoms with E-state index in [-0.39, 0.29) is 12.1 Å². The first-order valence-corrected chi connectivity index (χ1v) is 6.72. The molecule has 1 fully saturated rings. The summed E-state index contributed by atoms with van der Waals surface area (Å²) in [5.74, 6) is -0.174. The zero-order valence-corrected chi connectivity index (χ0v) is 12.3. The first-order chi connectivity index (χ1) is 8.33. The van der Waals surface area contributed by atoms with Crippen molar-refractivity contribution in [1.29, 1.82) is 0 Å². The van der Waals surface area contributed by atoms with E-state index in [4.69, 9.17) is 9.47 Å². The molecular weight excluding hydrogens is 230 g/mol. The predicted molar refractivity (Wildman–Crippen MR) is 71.5 cm³/mol. The van der Waals surface area contributed by atoms with Gasteiger partial charge in [-0.1, -0.05) is 20.8 Å². The van der Waals surface area contributed by atoms with Crippen molar-refractivity contribution in [3.63, 3.8) is 0 Å². The second-order valence-corrected chi connectivity index (χ2v) is 6.37. The Kier molecular flexibility index (Phi) is 5.17. The summed E-state index contributed by atoms with van der Waals surface area (Å²) < 4.78 is 10.8. The molecule has 18 heavy (non-hydrogen) atoms. The Bertz CT molecular complexity index is 285. The van der Waals surface area contributed by atoms with Crippen molar-refractivity contribution in [2.24, 2.45) is 5.41 Å². The highest BCUT2D eigenvalue weighted by atomic mass is 16.5. The third-order valence-electron chi connectivity index (χ3n) is 3.73. The number of nitrogens with one attached hydrogen (secondary N) is 1. The van der Waals surface area contributed by atoms with E-state index in [1.54, 1.807) is 0 Å². The van der Waals surface area contributed by atoms with Crippen LogP contribution in [0.3, 0.4) is 0 Å². The highest BCUT2D eigenvalue weighted by molar-refractivity contribution is 5.81. The van der Waals surface area contributed by atoms with Crippen LogP contribution in [0.25, 0.3) is 0 Å². The fraction of sp³-hybridized carbons (Fsp3) is 0.929. The van der Waals surface area contributed by atoms with Gasteiger partial charge in [0.25, 0.3) is 0 Å². The quantitative estimate of drug-likeness (QED) is 0.766. The molecule has 0 bridgehead atoms. The van der Waals surface area contributed by atoms with Crippen molar-refractivity contribution in [2.75, 3.05) is 20.8 Å². The van der Waals surface area contributed by atoms with E-state index in [9.17, 15) is 4.79 Å². The van der Waals surface area contributed by atoms with Gasteiger partial charge in [0.1, 0.15) is 5.54 Å². The molecule has 2 unspecified atom stereocenters. The van der Waals surface area contributed by atoms with Gasteiger partial charge >= 0.3 is 5.97 Å². The second kappa shape index (κ2) is 6.02. The molecule has 4 heteroatoms. The van der Waals surface area contributed by atoms with Crippen LogP contribution in [0.1, 0.15) is 46.5 Å². The number of hydrogen-bond acceptors (Lipinski definition) is 4. The van der Waals surface area contributed by atoms with E-state index in [1.165, 1.54) is 7.11 Å². The highest BCUT2D eigenvalue weighted by Gasteiger charge is 2.45. The molecule has 1 N–H and O–H groups in total. The highest BCUT2D eigenvalue weighted by Crippen LogP contribution is 2.33. The molecule has 0 aliphatic heterocycles. The Morgan fingerprint density at radius 2 is 2.11 bits per heavy atom. The summed E-state index contributed by atoms with van der Waals surface area (Å²) in [6, 6.07) is 0. The number of carbonyl (C=O) groups excluding carboxylic acids is 1. The van der Waals surface area contributed by atoms with Crippen molar-refractivity contribution in [3.05, 3.63) is 0 Å². The van der Waals surface area contributed by atoms with Crippen LogP contribution in [0.2, 0.25) is 0 Å². The molecule has 0 amide bonds. The minimum atomic E-state index is -0.541. The summed E-state index contributed by atoms with van der Waals surface area (Å²) in [5.41, 5.74) is -0.248. The van der Waals surface area contributed by atoms with Crippen molar-refractivity contribution in [1.82, 2.24) is 5.32 Å². The third-order valence-corrected chi connectivity index (χ3v) is 3.73. The maximum atomic E-state index is 11.8. The van der Waals surface area contributed by atoms with Crippen LogP contribution in [0.5, 0.6) is 0 Å². The number of likely N-dealkylation sites (N-methyl/N-ethyl adjacent to an activating group) is 1. The molecular formula is C14H27NO3. The van der Waals surface area contributed by atoms with Crippen LogP contribution >= 0.6 is 0 Å². The summed E-state index contributed by atoms with van der Waals surface area (Å²) in [7, 11) is 3.25.